The number of likely N-dealkylation sites (N-methyl/N-ethyl adjacent to an activating group) is 1. The average Bonchev–Trinajstić information content (AvgIpc) is 3.43. The van der Waals surface area contributed by atoms with Gasteiger partial charge in [0.25, 0.3) is 0 Å². The van der Waals surface area contributed by atoms with Crippen molar-refractivity contribution in [2.45, 2.75) is 89.8 Å². The van der Waals surface area contributed by atoms with Crippen molar-refractivity contribution in [1.82, 2.24) is 31.1 Å². The SMILES string of the molecule is CC(C)C1CCCCC1C1NCC2C(N1)N(CC1CCC(C3NCCN3)CC1)C(=N)N2C. The first-order valence-electron chi connectivity index (χ1n) is 13.6. The van der Waals surface area contributed by atoms with Gasteiger partial charge < -0.3 is 20.4 Å². The molecule has 5 N–H and O–H groups in total. The van der Waals surface area contributed by atoms with Gasteiger partial charge in [0.1, 0.15) is 6.17 Å². The molecule has 0 aromatic carbocycles. The summed E-state index contributed by atoms with van der Waals surface area (Å²) < 4.78 is 0. The third-order valence-corrected chi connectivity index (χ3v) is 9.53. The zero-order valence-electron chi connectivity index (χ0n) is 20.6. The van der Waals surface area contributed by atoms with Gasteiger partial charge in [0.05, 0.1) is 18.4 Å². The molecule has 0 spiro atoms. The van der Waals surface area contributed by atoms with E-state index in [1.807, 2.05) is 0 Å². The number of hydrogen-bond acceptors (Lipinski definition) is 5. The zero-order chi connectivity index (χ0) is 22.2. The number of fused-ring (bicyclic) bond motifs is 1. The number of nitrogens with one attached hydrogen (secondary N) is 5. The highest BCUT2D eigenvalue weighted by Gasteiger charge is 2.48. The third-order valence-electron chi connectivity index (χ3n) is 9.53. The van der Waals surface area contributed by atoms with Gasteiger partial charge in [-0.2, -0.15) is 0 Å². The molecule has 5 fully saturated rings. The molecule has 2 aliphatic carbocycles. The molecule has 7 heteroatoms. The standard InChI is InChI=1S/C25H47N7/c1-16(2)19-6-4-5-7-20(19)23-29-14-21-24(30-23)32(25(26)31(21)3)15-17-8-10-18(11-9-17)22-27-12-13-28-22/h16-24,26-30H,4-15H2,1-3H3. The molecule has 182 valence electrons. The molecule has 5 atom stereocenters. The van der Waals surface area contributed by atoms with Crippen molar-refractivity contribution in [3.8, 4) is 0 Å². The molecule has 3 saturated heterocycles. The second kappa shape index (κ2) is 9.77. The molecular weight excluding hydrogens is 398 g/mol. The quantitative estimate of drug-likeness (QED) is 0.446. The van der Waals surface area contributed by atoms with E-state index < -0.39 is 0 Å². The number of rotatable bonds is 5. The average molecular weight is 446 g/mol. The van der Waals surface area contributed by atoms with Crippen LogP contribution in [0.4, 0.5) is 0 Å². The molecule has 0 aromatic rings. The van der Waals surface area contributed by atoms with Crippen LogP contribution in [-0.2, 0) is 0 Å². The molecule has 32 heavy (non-hydrogen) atoms. The highest BCUT2D eigenvalue weighted by Crippen LogP contribution is 2.38. The molecule has 0 amide bonds. The van der Waals surface area contributed by atoms with Crippen molar-refractivity contribution in [1.29, 1.82) is 5.41 Å². The number of nitrogens with zero attached hydrogens (tertiary/aromatic N) is 2. The van der Waals surface area contributed by atoms with Gasteiger partial charge in [0.2, 0.25) is 0 Å². The summed E-state index contributed by atoms with van der Waals surface area (Å²) in [6.45, 7) is 9.08. The number of guanidine groups is 1. The van der Waals surface area contributed by atoms with E-state index in [0.29, 0.717) is 30.2 Å². The zero-order valence-corrected chi connectivity index (χ0v) is 20.6. The minimum Gasteiger partial charge on any atom is -0.338 e. The van der Waals surface area contributed by atoms with Crippen molar-refractivity contribution in [3.63, 3.8) is 0 Å². The Kier molecular flexibility index (Phi) is 6.98. The van der Waals surface area contributed by atoms with Crippen molar-refractivity contribution in [2.24, 2.45) is 29.6 Å². The van der Waals surface area contributed by atoms with Crippen molar-refractivity contribution in [3.05, 3.63) is 0 Å². The highest BCUT2D eigenvalue weighted by molar-refractivity contribution is 5.80. The Hall–Kier alpha value is -0.890. The summed E-state index contributed by atoms with van der Waals surface area (Å²) in [5.74, 6) is 4.50. The second-order valence-corrected chi connectivity index (χ2v) is 11.7. The summed E-state index contributed by atoms with van der Waals surface area (Å²) in [5.41, 5.74) is 0. The van der Waals surface area contributed by atoms with Crippen molar-refractivity contribution in [2.75, 3.05) is 33.2 Å². The van der Waals surface area contributed by atoms with Crippen LogP contribution in [0.15, 0.2) is 0 Å². The molecule has 7 nitrogen and oxygen atoms in total. The van der Waals surface area contributed by atoms with Gasteiger partial charge in [0, 0.05) is 33.2 Å². The van der Waals surface area contributed by atoms with Crippen LogP contribution < -0.4 is 21.3 Å². The fraction of sp³-hybridized carbons (Fsp3) is 0.960. The molecule has 2 saturated carbocycles. The van der Waals surface area contributed by atoms with Gasteiger partial charge in [-0.05, 0) is 68.1 Å². The van der Waals surface area contributed by atoms with Crippen LogP contribution in [-0.4, -0.2) is 73.5 Å². The molecule has 0 bridgehead atoms. The summed E-state index contributed by atoms with van der Waals surface area (Å²) in [4.78, 5) is 4.63. The first kappa shape index (κ1) is 22.9. The minimum atomic E-state index is 0.282. The summed E-state index contributed by atoms with van der Waals surface area (Å²) in [5, 5.41) is 24.1. The van der Waals surface area contributed by atoms with E-state index >= 15 is 0 Å². The van der Waals surface area contributed by atoms with E-state index in [-0.39, 0.29) is 6.17 Å². The summed E-state index contributed by atoms with van der Waals surface area (Å²) in [6, 6.07) is 0.364. The fourth-order valence-electron chi connectivity index (χ4n) is 7.60. The molecular formula is C25H47N7. The van der Waals surface area contributed by atoms with E-state index in [1.165, 1.54) is 51.4 Å². The molecule has 3 heterocycles. The van der Waals surface area contributed by atoms with Gasteiger partial charge in [-0.25, -0.2) is 0 Å². The van der Waals surface area contributed by atoms with Crippen LogP contribution in [0.3, 0.4) is 0 Å². The Bertz CT molecular complexity index is 640. The molecule has 5 aliphatic rings. The summed E-state index contributed by atoms with van der Waals surface area (Å²) >= 11 is 0. The predicted molar refractivity (Wildman–Crippen MR) is 130 cm³/mol. The Morgan fingerprint density at radius 1 is 0.938 bits per heavy atom. The van der Waals surface area contributed by atoms with Crippen LogP contribution in [0.2, 0.25) is 0 Å². The van der Waals surface area contributed by atoms with Gasteiger partial charge in [-0.3, -0.25) is 16.0 Å². The van der Waals surface area contributed by atoms with E-state index in [1.54, 1.807) is 0 Å². The van der Waals surface area contributed by atoms with E-state index in [4.69, 9.17) is 5.41 Å². The van der Waals surface area contributed by atoms with Gasteiger partial charge >= 0.3 is 0 Å². The van der Waals surface area contributed by atoms with Crippen LogP contribution in [0.5, 0.6) is 0 Å². The Labute approximate surface area is 195 Å². The lowest BCUT2D eigenvalue weighted by atomic mass is 9.71. The molecule has 0 radical (unpaired) electrons. The van der Waals surface area contributed by atoms with Gasteiger partial charge in [0.15, 0.2) is 5.96 Å². The van der Waals surface area contributed by atoms with E-state index in [0.717, 1.165) is 49.9 Å². The predicted octanol–water partition coefficient (Wildman–Crippen LogP) is 2.17. The van der Waals surface area contributed by atoms with E-state index in [9.17, 15) is 0 Å². The van der Waals surface area contributed by atoms with Crippen molar-refractivity contribution >= 4 is 5.96 Å². The second-order valence-electron chi connectivity index (χ2n) is 11.7. The molecule has 0 aromatic heterocycles. The largest absolute Gasteiger partial charge is 0.338 e. The van der Waals surface area contributed by atoms with Gasteiger partial charge in [-0.15, -0.1) is 0 Å². The van der Waals surface area contributed by atoms with Crippen molar-refractivity contribution < 1.29 is 0 Å². The first-order valence-corrected chi connectivity index (χ1v) is 13.6. The van der Waals surface area contributed by atoms with Crippen LogP contribution in [0, 0.1) is 35.0 Å². The Morgan fingerprint density at radius 3 is 2.38 bits per heavy atom. The monoisotopic (exact) mass is 445 g/mol. The maximum Gasteiger partial charge on any atom is 0.195 e. The number of hydrogen-bond donors (Lipinski definition) is 5. The molecule has 5 rings (SSSR count). The Balaban J connectivity index is 1.22. The van der Waals surface area contributed by atoms with Crippen LogP contribution >= 0.6 is 0 Å². The lowest BCUT2D eigenvalue weighted by Gasteiger charge is -2.46. The maximum atomic E-state index is 8.88. The van der Waals surface area contributed by atoms with E-state index in [2.05, 4.69) is 52.0 Å². The third kappa shape index (κ3) is 4.42. The lowest BCUT2D eigenvalue weighted by molar-refractivity contribution is 0.0609. The van der Waals surface area contributed by atoms with Crippen LogP contribution in [0.25, 0.3) is 0 Å². The highest BCUT2D eigenvalue weighted by atomic mass is 15.5. The minimum absolute atomic E-state index is 0.282. The molecule has 5 unspecified atom stereocenters. The van der Waals surface area contributed by atoms with Crippen LogP contribution in [0.1, 0.15) is 65.2 Å². The van der Waals surface area contributed by atoms with Gasteiger partial charge in [-0.1, -0.05) is 26.7 Å². The Morgan fingerprint density at radius 2 is 1.66 bits per heavy atom. The normalized spacial score (nSPS) is 41.5. The summed E-state index contributed by atoms with van der Waals surface area (Å²) in [6.07, 6.45) is 11.9. The lowest BCUT2D eigenvalue weighted by Crippen LogP contribution is -2.67. The smallest absolute Gasteiger partial charge is 0.195 e. The topological polar surface area (TPSA) is 78.5 Å². The molecule has 3 aliphatic heterocycles. The summed E-state index contributed by atoms with van der Waals surface area (Å²) in [7, 11) is 2.12. The maximum absolute atomic E-state index is 8.88. The first-order chi connectivity index (χ1) is 15.5. The fourth-order valence-corrected chi connectivity index (χ4v) is 7.60.